The predicted molar refractivity (Wildman–Crippen MR) is 98.5 cm³/mol. The molecular formula is C21H26N2O. The summed E-state index contributed by atoms with van der Waals surface area (Å²) in [5.74, 6) is 0. The van der Waals surface area contributed by atoms with Gasteiger partial charge >= 0.3 is 0 Å². The van der Waals surface area contributed by atoms with Gasteiger partial charge in [-0.25, -0.2) is 0 Å². The molecule has 2 atom stereocenters. The van der Waals surface area contributed by atoms with Crippen LogP contribution in [0.1, 0.15) is 30.1 Å². The van der Waals surface area contributed by atoms with Crippen LogP contribution >= 0.6 is 0 Å². The van der Waals surface area contributed by atoms with Crippen molar-refractivity contribution in [2.45, 2.75) is 31.4 Å². The molecule has 3 heteroatoms. The van der Waals surface area contributed by atoms with Crippen molar-refractivity contribution in [3.8, 4) is 0 Å². The Morgan fingerprint density at radius 3 is 2.75 bits per heavy atom. The van der Waals surface area contributed by atoms with Gasteiger partial charge in [0, 0.05) is 31.4 Å². The third-order valence-corrected chi connectivity index (χ3v) is 5.25. The summed E-state index contributed by atoms with van der Waals surface area (Å²) < 4.78 is 6.07. The zero-order valence-corrected chi connectivity index (χ0v) is 14.2. The van der Waals surface area contributed by atoms with E-state index in [2.05, 4.69) is 64.8 Å². The molecule has 0 amide bonds. The van der Waals surface area contributed by atoms with Crippen LogP contribution in [0.5, 0.6) is 0 Å². The first-order chi connectivity index (χ1) is 11.9. The fourth-order valence-corrected chi connectivity index (χ4v) is 3.96. The van der Waals surface area contributed by atoms with E-state index in [1.54, 1.807) is 0 Å². The summed E-state index contributed by atoms with van der Waals surface area (Å²) in [6.45, 7) is 4.08. The number of para-hydroxylation sites is 1. The molecule has 2 unspecified atom stereocenters. The molecule has 0 saturated carbocycles. The Bertz CT molecular complexity index is 658. The van der Waals surface area contributed by atoms with Crippen LogP contribution in [0.25, 0.3) is 0 Å². The van der Waals surface area contributed by atoms with E-state index in [9.17, 15) is 0 Å². The van der Waals surface area contributed by atoms with E-state index in [-0.39, 0.29) is 6.10 Å². The average Bonchev–Trinajstić information content (AvgIpc) is 2.67. The highest BCUT2D eigenvalue weighted by Gasteiger charge is 2.24. The van der Waals surface area contributed by atoms with Gasteiger partial charge in [0.1, 0.15) is 0 Å². The first kappa shape index (κ1) is 15.7. The van der Waals surface area contributed by atoms with E-state index in [1.165, 1.54) is 16.8 Å². The minimum atomic E-state index is 0.267. The molecule has 1 fully saturated rings. The molecule has 2 aliphatic heterocycles. The Kier molecular flexibility index (Phi) is 4.81. The first-order valence-electron chi connectivity index (χ1n) is 9.13. The first-order valence-corrected chi connectivity index (χ1v) is 9.13. The number of piperazine rings is 1. The topological polar surface area (TPSA) is 24.5 Å². The molecule has 1 N–H and O–H groups in total. The standard InChI is InChI=1S/C21H26N2O/c1-2-7-19(8-3-1)23-14-13-22-18(16-23)10-11-21-20-9-5-4-6-17(20)12-15-24-21/h1-9,18,21-22H,10-16H2. The van der Waals surface area contributed by atoms with Crippen molar-refractivity contribution < 1.29 is 4.74 Å². The van der Waals surface area contributed by atoms with E-state index in [1.807, 2.05) is 0 Å². The Morgan fingerprint density at radius 2 is 1.83 bits per heavy atom. The SMILES string of the molecule is c1ccc(N2CCNC(CCC3OCCc4ccccc43)C2)cc1. The van der Waals surface area contributed by atoms with Gasteiger partial charge in [-0.1, -0.05) is 42.5 Å². The quantitative estimate of drug-likeness (QED) is 0.931. The van der Waals surface area contributed by atoms with E-state index < -0.39 is 0 Å². The van der Waals surface area contributed by atoms with Gasteiger partial charge in [-0.2, -0.15) is 0 Å². The lowest BCUT2D eigenvalue weighted by atomic mass is 9.93. The maximum Gasteiger partial charge on any atom is 0.0828 e. The molecule has 2 heterocycles. The van der Waals surface area contributed by atoms with Gasteiger partial charge in [0.25, 0.3) is 0 Å². The van der Waals surface area contributed by atoms with E-state index >= 15 is 0 Å². The zero-order chi connectivity index (χ0) is 16.2. The van der Waals surface area contributed by atoms with Crippen molar-refractivity contribution >= 4 is 5.69 Å². The largest absolute Gasteiger partial charge is 0.373 e. The molecule has 126 valence electrons. The smallest absolute Gasteiger partial charge is 0.0828 e. The molecule has 2 aliphatic rings. The van der Waals surface area contributed by atoms with Crippen LogP contribution in [-0.4, -0.2) is 32.3 Å². The highest BCUT2D eigenvalue weighted by molar-refractivity contribution is 5.46. The van der Waals surface area contributed by atoms with Crippen molar-refractivity contribution in [1.82, 2.24) is 5.32 Å². The lowest BCUT2D eigenvalue weighted by molar-refractivity contribution is 0.0333. The minimum Gasteiger partial charge on any atom is -0.373 e. The molecular weight excluding hydrogens is 296 g/mol. The third-order valence-electron chi connectivity index (χ3n) is 5.25. The van der Waals surface area contributed by atoms with Crippen LogP contribution in [0.3, 0.4) is 0 Å². The fourth-order valence-electron chi connectivity index (χ4n) is 3.96. The third kappa shape index (κ3) is 3.47. The lowest BCUT2D eigenvalue weighted by Crippen LogP contribution is -2.50. The van der Waals surface area contributed by atoms with Crippen molar-refractivity contribution in [3.63, 3.8) is 0 Å². The normalized spacial score (nSPS) is 23.8. The zero-order valence-electron chi connectivity index (χ0n) is 14.2. The molecule has 0 aliphatic carbocycles. The average molecular weight is 322 g/mol. The molecule has 3 nitrogen and oxygen atoms in total. The highest BCUT2D eigenvalue weighted by atomic mass is 16.5. The maximum atomic E-state index is 6.07. The van der Waals surface area contributed by atoms with E-state index in [0.29, 0.717) is 6.04 Å². The number of nitrogens with one attached hydrogen (secondary N) is 1. The van der Waals surface area contributed by atoms with Gasteiger partial charge < -0.3 is 15.0 Å². The summed E-state index contributed by atoms with van der Waals surface area (Å²) in [6.07, 6.45) is 3.57. The summed E-state index contributed by atoms with van der Waals surface area (Å²) in [4.78, 5) is 2.50. The number of benzene rings is 2. The van der Waals surface area contributed by atoms with Gasteiger partial charge in [0.15, 0.2) is 0 Å². The number of ether oxygens (including phenoxy) is 1. The van der Waals surface area contributed by atoms with Crippen molar-refractivity contribution in [2.24, 2.45) is 0 Å². The molecule has 0 spiro atoms. The number of rotatable bonds is 4. The van der Waals surface area contributed by atoms with Crippen LogP contribution in [0, 0.1) is 0 Å². The molecule has 0 aromatic heterocycles. The van der Waals surface area contributed by atoms with Crippen LogP contribution < -0.4 is 10.2 Å². The fraction of sp³-hybridized carbons (Fsp3) is 0.429. The second-order valence-electron chi connectivity index (χ2n) is 6.82. The van der Waals surface area contributed by atoms with Gasteiger partial charge in [0.05, 0.1) is 12.7 Å². The van der Waals surface area contributed by atoms with Crippen LogP contribution in [-0.2, 0) is 11.2 Å². The summed E-state index contributed by atoms with van der Waals surface area (Å²) in [7, 11) is 0. The molecule has 2 aromatic carbocycles. The minimum absolute atomic E-state index is 0.267. The summed E-state index contributed by atoms with van der Waals surface area (Å²) in [5.41, 5.74) is 4.21. The van der Waals surface area contributed by atoms with E-state index in [0.717, 1.165) is 45.5 Å². The second-order valence-corrected chi connectivity index (χ2v) is 6.82. The number of anilines is 1. The molecule has 24 heavy (non-hydrogen) atoms. The Balaban J connectivity index is 1.36. The Hall–Kier alpha value is -1.84. The molecule has 1 saturated heterocycles. The van der Waals surface area contributed by atoms with Crippen LogP contribution in [0.4, 0.5) is 5.69 Å². The number of hydrogen-bond donors (Lipinski definition) is 1. The lowest BCUT2D eigenvalue weighted by Gasteiger charge is -2.36. The van der Waals surface area contributed by atoms with Crippen molar-refractivity contribution in [3.05, 3.63) is 65.7 Å². The van der Waals surface area contributed by atoms with Gasteiger partial charge in [-0.15, -0.1) is 0 Å². The monoisotopic (exact) mass is 322 g/mol. The summed E-state index contributed by atoms with van der Waals surface area (Å²) in [6, 6.07) is 20.1. The predicted octanol–water partition coefficient (Wildman–Crippen LogP) is 3.56. The van der Waals surface area contributed by atoms with Gasteiger partial charge in [0.2, 0.25) is 0 Å². The van der Waals surface area contributed by atoms with Crippen molar-refractivity contribution in [1.29, 1.82) is 0 Å². The number of hydrogen-bond acceptors (Lipinski definition) is 3. The number of fused-ring (bicyclic) bond motifs is 1. The molecule has 2 aromatic rings. The maximum absolute atomic E-state index is 6.07. The van der Waals surface area contributed by atoms with Gasteiger partial charge in [-0.05, 0) is 42.5 Å². The number of nitrogens with zero attached hydrogens (tertiary/aromatic N) is 1. The highest BCUT2D eigenvalue weighted by Crippen LogP contribution is 2.31. The molecule has 4 rings (SSSR count). The van der Waals surface area contributed by atoms with Crippen molar-refractivity contribution in [2.75, 3.05) is 31.1 Å². The molecule has 0 radical (unpaired) electrons. The summed E-state index contributed by atoms with van der Waals surface area (Å²) >= 11 is 0. The Labute approximate surface area is 144 Å². The summed E-state index contributed by atoms with van der Waals surface area (Å²) in [5, 5.41) is 3.69. The van der Waals surface area contributed by atoms with Crippen LogP contribution in [0.2, 0.25) is 0 Å². The molecule has 0 bridgehead atoms. The van der Waals surface area contributed by atoms with E-state index in [4.69, 9.17) is 4.74 Å². The second kappa shape index (κ2) is 7.37. The van der Waals surface area contributed by atoms with Gasteiger partial charge in [-0.3, -0.25) is 0 Å². The van der Waals surface area contributed by atoms with Crippen LogP contribution in [0.15, 0.2) is 54.6 Å². The Morgan fingerprint density at radius 1 is 1.00 bits per heavy atom.